The van der Waals surface area contributed by atoms with Crippen LogP contribution in [-0.4, -0.2) is 18.7 Å². The van der Waals surface area contributed by atoms with Gasteiger partial charge < -0.3 is 13.7 Å². The van der Waals surface area contributed by atoms with Crippen molar-refractivity contribution in [2.24, 2.45) is 0 Å². The second kappa shape index (κ2) is 10.8. The number of fused-ring (bicyclic) bond motifs is 9. The lowest BCUT2D eigenvalue weighted by Gasteiger charge is -2.16. The van der Waals surface area contributed by atoms with Crippen molar-refractivity contribution in [2.75, 3.05) is 0 Å². The third-order valence-electron chi connectivity index (χ3n) is 10.5. The molecule has 0 aliphatic rings. The van der Waals surface area contributed by atoms with Gasteiger partial charge in [-0.05, 0) is 78.9 Å². The number of pyridine rings is 1. The number of rotatable bonds is 4. The van der Waals surface area contributed by atoms with Gasteiger partial charge in [0.15, 0.2) is 0 Å². The van der Waals surface area contributed by atoms with Gasteiger partial charge in [0.05, 0.1) is 38.8 Å². The summed E-state index contributed by atoms with van der Waals surface area (Å²) in [6, 6.07) is 63.5. The molecule has 51 heavy (non-hydrogen) atoms. The van der Waals surface area contributed by atoms with Crippen molar-refractivity contribution in [3.8, 4) is 28.3 Å². The Balaban J connectivity index is 1.21. The van der Waals surface area contributed by atoms with E-state index in [-0.39, 0.29) is 0 Å². The van der Waals surface area contributed by atoms with Gasteiger partial charge in [-0.3, -0.25) is 4.98 Å². The minimum Gasteiger partial charge on any atom is -0.309 e. The van der Waals surface area contributed by atoms with Crippen molar-refractivity contribution in [3.63, 3.8) is 0 Å². The molecular formula is C47H30N4. The van der Waals surface area contributed by atoms with Crippen molar-refractivity contribution in [1.82, 2.24) is 18.7 Å². The topological polar surface area (TPSA) is 27.7 Å². The third kappa shape index (κ3) is 4.11. The summed E-state index contributed by atoms with van der Waals surface area (Å²) in [7, 11) is 0. The summed E-state index contributed by atoms with van der Waals surface area (Å²) in [5, 5.41) is 7.45. The molecule has 4 nitrogen and oxygen atoms in total. The van der Waals surface area contributed by atoms with E-state index in [1.807, 2.05) is 12.3 Å². The summed E-state index contributed by atoms with van der Waals surface area (Å²) in [5.41, 5.74) is 12.4. The summed E-state index contributed by atoms with van der Waals surface area (Å²) in [6.45, 7) is 0. The first-order chi connectivity index (χ1) is 25.3. The fourth-order valence-electron chi connectivity index (χ4n) is 8.31. The molecule has 4 heteroatoms. The molecule has 0 atom stereocenters. The Kier molecular flexibility index (Phi) is 5.92. The smallest absolute Gasteiger partial charge is 0.0703 e. The third-order valence-corrected chi connectivity index (χ3v) is 10.5. The summed E-state index contributed by atoms with van der Waals surface area (Å²) in [6.07, 6.45) is 1.87. The molecule has 4 aromatic heterocycles. The van der Waals surface area contributed by atoms with Crippen LogP contribution in [0.3, 0.4) is 0 Å². The maximum absolute atomic E-state index is 4.81. The molecule has 4 heterocycles. The monoisotopic (exact) mass is 650 g/mol. The number of nitrogens with zero attached hydrogens (tertiary/aromatic N) is 4. The number of hydrogen-bond acceptors (Lipinski definition) is 1. The molecule has 238 valence electrons. The highest BCUT2D eigenvalue weighted by Gasteiger charge is 2.19. The van der Waals surface area contributed by atoms with E-state index in [2.05, 4.69) is 184 Å². The first-order valence-electron chi connectivity index (χ1n) is 17.4. The zero-order valence-electron chi connectivity index (χ0n) is 27.6. The van der Waals surface area contributed by atoms with Crippen molar-refractivity contribution in [2.45, 2.75) is 0 Å². The average Bonchev–Trinajstić information content (AvgIpc) is 3.84. The van der Waals surface area contributed by atoms with Crippen LogP contribution in [-0.2, 0) is 0 Å². The molecule has 0 radical (unpaired) electrons. The fraction of sp³-hybridized carbons (Fsp3) is 0. The van der Waals surface area contributed by atoms with Crippen LogP contribution < -0.4 is 0 Å². The average molecular weight is 651 g/mol. The van der Waals surface area contributed by atoms with E-state index in [1.165, 1.54) is 59.9 Å². The molecule has 0 saturated heterocycles. The number of hydrogen-bond donors (Lipinski definition) is 0. The normalized spacial score (nSPS) is 11.9. The predicted octanol–water partition coefficient (Wildman–Crippen LogP) is 12.0. The molecule has 0 fully saturated rings. The zero-order chi connectivity index (χ0) is 33.5. The van der Waals surface area contributed by atoms with Crippen molar-refractivity contribution in [1.29, 1.82) is 0 Å². The maximum atomic E-state index is 4.81. The van der Waals surface area contributed by atoms with Gasteiger partial charge >= 0.3 is 0 Å². The Hall–Kier alpha value is -6.91. The molecule has 0 aliphatic carbocycles. The molecule has 0 aliphatic heterocycles. The minimum atomic E-state index is 0.941. The van der Waals surface area contributed by atoms with E-state index in [4.69, 9.17) is 4.98 Å². The van der Waals surface area contributed by atoms with Crippen molar-refractivity contribution in [3.05, 3.63) is 182 Å². The van der Waals surface area contributed by atoms with Crippen LogP contribution in [0.5, 0.6) is 0 Å². The molecule has 0 saturated carbocycles. The molecular weight excluding hydrogens is 621 g/mol. The SMILES string of the molecule is c1ccc(-c2cc(-n3c4ccccc4c4ccccc43)cc(-n3c4ccccc4c4cc(-n5c6ccccc6c6ccccc65)ccc43)c2)nc1. The molecule has 11 rings (SSSR count). The Morgan fingerprint density at radius 3 is 1.14 bits per heavy atom. The lowest BCUT2D eigenvalue weighted by atomic mass is 10.1. The van der Waals surface area contributed by atoms with E-state index in [9.17, 15) is 0 Å². The van der Waals surface area contributed by atoms with E-state index in [0.29, 0.717) is 0 Å². The van der Waals surface area contributed by atoms with Crippen LogP contribution in [0.4, 0.5) is 0 Å². The Labute approximate surface area is 293 Å². The Morgan fingerprint density at radius 1 is 0.294 bits per heavy atom. The quantitative estimate of drug-likeness (QED) is 0.186. The standard InChI is InChI=1S/C47H30N4/c1-6-19-42-35(13-1)36-14-2-7-20-43(36)49(42)32-24-25-47-40(30-32)39-17-5-10-23-46(39)51(47)34-28-31(41-18-11-12-26-48-41)27-33(29-34)50-44-21-8-3-15-37(44)38-16-4-9-22-45(38)50/h1-30H. The second-order valence-corrected chi connectivity index (χ2v) is 13.2. The van der Waals surface area contributed by atoms with Gasteiger partial charge in [0.25, 0.3) is 0 Å². The van der Waals surface area contributed by atoms with Gasteiger partial charge in [0, 0.05) is 61.1 Å². The molecule has 0 bridgehead atoms. The zero-order valence-corrected chi connectivity index (χ0v) is 27.6. The molecule has 0 spiro atoms. The van der Waals surface area contributed by atoms with Crippen LogP contribution >= 0.6 is 0 Å². The number of aromatic nitrogens is 4. The van der Waals surface area contributed by atoms with E-state index in [0.717, 1.165) is 33.8 Å². The van der Waals surface area contributed by atoms with Crippen LogP contribution in [0.25, 0.3) is 93.7 Å². The van der Waals surface area contributed by atoms with Crippen molar-refractivity contribution < 1.29 is 0 Å². The number of para-hydroxylation sites is 5. The largest absolute Gasteiger partial charge is 0.309 e. The highest BCUT2D eigenvalue weighted by Crippen LogP contribution is 2.39. The van der Waals surface area contributed by atoms with Crippen LogP contribution in [0.15, 0.2) is 182 Å². The van der Waals surface area contributed by atoms with Crippen molar-refractivity contribution >= 4 is 65.4 Å². The fourth-order valence-corrected chi connectivity index (χ4v) is 8.31. The second-order valence-electron chi connectivity index (χ2n) is 13.2. The molecule has 0 N–H and O–H groups in total. The number of benzene rings is 7. The maximum Gasteiger partial charge on any atom is 0.0703 e. The molecule has 0 unspecified atom stereocenters. The van der Waals surface area contributed by atoms with Gasteiger partial charge in [-0.1, -0.05) is 97.1 Å². The molecule has 7 aromatic carbocycles. The molecule has 11 aromatic rings. The summed E-state index contributed by atoms with van der Waals surface area (Å²) >= 11 is 0. The van der Waals surface area contributed by atoms with Gasteiger partial charge in [0.2, 0.25) is 0 Å². The summed E-state index contributed by atoms with van der Waals surface area (Å²) < 4.78 is 7.22. The first-order valence-corrected chi connectivity index (χ1v) is 17.4. The van der Waals surface area contributed by atoms with Gasteiger partial charge in [0.1, 0.15) is 0 Å². The molecule has 0 amide bonds. The minimum absolute atomic E-state index is 0.941. The Bertz CT molecular complexity index is 3030. The Morgan fingerprint density at radius 2 is 0.686 bits per heavy atom. The van der Waals surface area contributed by atoms with Crippen LogP contribution in [0.1, 0.15) is 0 Å². The van der Waals surface area contributed by atoms with Gasteiger partial charge in [-0.25, -0.2) is 0 Å². The van der Waals surface area contributed by atoms with E-state index in [1.54, 1.807) is 0 Å². The van der Waals surface area contributed by atoms with Gasteiger partial charge in [-0.15, -0.1) is 0 Å². The lowest BCUT2D eigenvalue weighted by molar-refractivity contribution is 1.13. The summed E-state index contributed by atoms with van der Waals surface area (Å²) in [5.74, 6) is 0. The van der Waals surface area contributed by atoms with Crippen LogP contribution in [0.2, 0.25) is 0 Å². The van der Waals surface area contributed by atoms with E-state index < -0.39 is 0 Å². The predicted molar refractivity (Wildman–Crippen MR) is 213 cm³/mol. The van der Waals surface area contributed by atoms with Gasteiger partial charge in [-0.2, -0.15) is 0 Å². The van der Waals surface area contributed by atoms with E-state index >= 15 is 0 Å². The lowest BCUT2D eigenvalue weighted by Crippen LogP contribution is -2.00. The summed E-state index contributed by atoms with van der Waals surface area (Å²) in [4.78, 5) is 4.81. The highest BCUT2D eigenvalue weighted by molar-refractivity contribution is 6.13. The van der Waals surface area contributed by atoms with Crippen LogP contribution in [0, 0.1) is 0 Å². The highest BCUT2D eigenvalue weighted by atomic mass is 15.0. The first kappa shape index (κ1) is 28.0.